The van der Waals surface area contributed by atoms with E-state index in [1.165, 1.54) is 0 Å². The Hall–Kier alpha value is -1.32. The molecule has 4 heteroatoms. The van der Waals surface area contributed by atoms with Gasteiger partial charge in [-0.3, -0.25) is 9.59 Å². The zero-order valence-corrected chi connectivity index (χ0v) is 12.3. The molecule has 3 atom stereocenters. The Labute approximate surface area is 120 Å². The number of hydrogen-bond donors (Lipinski definition) is 0. The lowest BCUT2D eigenvalue weighted by atomic mass is 9.91. The van der Waals surface area contributed by atoms with Gasteiger partial charge in [0.15, 0.2) is 0 Å². The van der Waals surface area contributed by atoms with E-state index in [4.69, 9.17) is 0 Å². The fraction of sp³-hybridized carbons (Fsp3) is 0.750. The first-order valence-electron chi connectivity index (χ1n) is 7.94. The number of hydrogen-bond acceptors (Lipinski definition) is 2. The van der Waals surface area contributed by atoms with Gasteiger partial charge in [-0.2, -0.15) is 0 Å². The van der Waals surface area contributed by atoms with Gasteiger partial charge in [-0.15, -0.1) is 0 Å². The highest BCUT2D eigenvalue weighted by Gasteiger charge is 2.44. The fourth-order valence-electron chi connectivity index (χ4n) is 3.76. The molecule has 3 aliphatic rings. The second-order valence-electron chi connectivity index (χ2n) is 6.36. The maximum absolute atomic E-state index is 12.7. The van der Waals surface area contributed by atoms with Gasteiger partial charge >= 0.3 is 0 Å². The molecule has 0 N–H and O–H groups in total. The quantitative estimate of drug-likeness (QED) is 0.723. The van der Waals surface area contributed by atoms with Crippen molar-refractivity contribution in [2.75, 3.05) is 13.1 Å². The van der Waals surface area contributed by atoms with Crippen LogP contribution in [0, 0.1) is 5.92 Å². The summed E-state index contributed by atoms with van der Waals surface area (Å²) >= 11 is 0. The monoisotopic (exact) mass is 276 g/mol. The van der Waals surface area contributed by atoms with E-state index in [2.05, 4.69) is 12.2 Å². The topological polar surface area (TPSA) is 40.6 Å². The first-order chi connectivity index (χ1) is 9.68. The van der Waals surface area contributed by atoms with Crippen LogP contribution in [0.25, 0.3) is 0 Å². The van der Waals surface area contributed by atoms with Crippen LogP contribution >= 0.6 is 0 Å². The highest BCUT2D eigenvalue weighted by molar-refractivity contribution is 5.96. The molecule has 0 bridgehead atoms. The molecule has 2 fully saturated rings. The number of rotatable bonds is 2. The third-order valence-corrected chi connectivity index (χ3v) is 5.01. The van der Waals surface area contributed by atoms with Crippen LogP contribution in [0.15, 0.2) is 12.2 Å². The molecule has 0 aromatic rings. The maximum Gasteiger partial charge on any atom is 0.246 e. The van der Waals surface area contributed by atoms with Gasteiger partial charge in [0.1, 0.15) is 12.1 Å². The number of allylic oxidation sites excluding steroid dienone is 2. The molecule has 2 heterocycles. The summed E-state index contributed by atoms with van der Waals surface area (Å²) < 4.78 is 0. The van der Waals surface area contributed by atoms with E-state index in [0.717, 1.165) is 51.6 Å². The minimum absolute atomic E-state index is 0.153. The standard InChI is InChI=1S/C16H24N2O2/c1-12-15(19)17-10-6-5-9-14(17)16(20)18(12)11-13-7-3-2-4-8-13/h2-3,12-14H,4-11H2,1H3. The molecule has 4 nitrogen and oxygen atoms in total. The van der Waals surface area contributed by atoms with Crippen molar-refractivity contribution in [2.24, 2.45) is 5.92 Å². The zero-order chi connectivity index (χ0) is 14.1. The SMILES string of the molecule is CC1C(=O)N2CCCCC2C(=O)N1CC1CC=CCC1. The molecule has 0 saturated carbocycles. The van der Waals surface area contributed by atoms with Crippen LogP contribution in [-0.2, 0) is 9.59 Å². The van der Waals surface area contributed by atoms with Crippen LogP contribution in [0.2, 0.25) is 0 Å². The Kier molecular flexibility index (Phi) is 3.81. The number of carbonyl (C=O) groups excluding carboxylic acids is 2. The minimum atomic E-state index is -0.275. The summed E-state index contributed by atoms with van der Waals surface area (Å²) in [6.45, 7) is 3.41. The van der Waals surface area contributed by atoms with E-state index in [-0.39, 0.29) is 23.9 Å². The molecule has 2 aliphatic heterocycles. The average Bonchev–Trinajstić information content (AvgIpc) is 2.50. The molecule has 0 aromatic heterocycles. The fourth-order valence-corrected chi connectivity index (χ4v) is 3.76. The molecule has 20 heavy (non-hydrogen) atoms. The summed E-state index contributed by atoms with van der Waals surface area (Å²) in [7, 11) is 0. The van der Waals surface area contributed by atoms with Crippen molar-refractivity contribution in [3.05, 3.63) is 12.2 Å². The Morgan fingerprint density at radius 1 is 1.15 bits per heavy atom. The van der Waals surface area contributed by atoms with E-state index in [1.54, 1.807) is 0 Å². The van der Waals surface area contributed by atoms with Gasteiger partial charge in [0.25, 0.3) is 0 Å². The van der Waals surface area contributed by atoms with Crippen molar-refractivity contribution < 1.29 is 9.59 Å². The number of amides is 2. The average molecular weight is 276 g/mol. The van der Waals surface area contributed by atoms with Gasteiger partial charge in [0, 0.05) is 13.1 Å². The zero-order valence-electron chi connectivity index (χ0n) is 12.3. The van der Waals surface area contributed by atoms with E-state index < -0.39 is 0 Å². The molecule has 3 rings (SSSR count). The predicted octanol–water partition coefficient (Wildman–Crippen LogP) is 1.95. The Morgan fingerprint density at radius 2 is 2.00 bits per heavy atom. The predicted molar refractivity (Wildman–Crippen MR) is 77.0 cm³/mol. The van der Waals surface area contributed by atoms with E-state index >= 15 is 0 Å². The maximum atomic E-state index is 12.7. The van der Waals surface area contributed by atoms with Gasteiger partial charge in [0.2, 0.25) is 11.8 Å². The Balaban J connectivity index is 1.74. The van der Waals surface area contributed by atoms with E-state index in [0.29, 0.717) is 5.92 Å². The molecule has 1 aliphatic carbocycles. The van der Waals surface area contributed by atoms with Gasteiger partial charge < -0.3 is 9.80 Å². The molecule has 2 amide bonds. The summed E-state index contributed by atoms with van der Waals surface area (Å²) in [5, 5.41) is 0. The third kappa shape index (κ3) is 2.36. The second-order valence-corrected chi connectivity index (χ2v) is 6.36. The van der Waals surface area contributed by atoms with Crippen molar-refractivity contribution in [1.29, 1.82) is 0 Å². The first kappa shape index (κ1) is 13.7. The largest absolute Gasteiger partial charge is 0.329 e. The van der Waals surface area contributed by atoms with Crippen molar-refractivity contribution in [2.45, 2.75) is 57.5 Å². The molecular formula is C16H24N2O2. The summed E-state index contributed by atoms with van der Waals surface area (Å²) in [6, 6.07) is -0.450. The first-order valence-corrected chi connectivity index (χ1v) is 7.94. The van der Waals surface area contributed by atoms with E-state index in [1.807, 2.05) is 16.7 Å². The van der Waals surface area contributed by atoms with Crippen LogP contribution in [0.3, 0.4) is 0 Å². The lowest BCUT2D eigenvalue weighted by Crippen LogP contribution is -2.65. The highest BCUT2D eigenvalue weighted by Crippen LogP contribution is 2.28. The summed E-state index contributed by atoms with van der Waals surface area (Å²) in [4.78, 5) is 28.9. The molecule has 0 radical (unpaired) electrons. The van der Waals surface area contributed by atoms with Crippen molar-refractivity contribution >= 4 is 11.8 Å². The number of fused-ring (bicyclic) bond motifs is 1. The molecule has 3 unspecified atom stereocenters. The van der Waals surface area contributed by atoms with Gasteiger partial charge in [-0.1, -0.05) is 12.2 Å². The smallest absolute Gasteiger partial charge is 0.246 e. The van der Waals surface area contributed by atoms with Crippen LogP contribution in [0.1, 0.15) is 45.4 Å². The van der Waals surface area contributed by atoms with Crippen molar-refractivity contribution in [3.63, 3.8) is 0 Å². The van der Waals surface area contributed by atoms with Gasteiger partial charge in [0.05, 0.1) is 0 Å². The summed E-state index contributed by atoms with van der Waals surface area (Å²) in [5.74, 6) is 0.862. The molecule has 0 aromatic carbocycles. The van der Waals surface area contributed by atoms with Crippen LogP contribution in [0.5, 0.6) is 0 Å². The Morgan fingerprint density at radius 3 is 2.75 bits per heavy atom. The van der Waals surface area contributed by atoms with Crippen molar-refractivity contribution in [1.82, 2.24) is 9.80 Å². The minimum Gasteiger partial charge on any atom is -0.329 e. The highest BCUT2D eigenvalue weighted by atomic mass is 16.2. The molecule has 2 saturated heterocycles. The number of carbonyl (C=O) groups is 2. The molecule has 110 valence electrons. The number of piperazine rings is 1. The van der Waals surface area contributed by atoms with Crippen LogP contribution in [-0.4, -0.2) is 46.8 Å². The number of nitrogens with zero attached hydrogens (tertiary/aromatic N) is 2. The summed E-state index contributed by atoms with van der Waals surface area (Å²) in [5.41, 5.74) is 0. The lowest BCUT2D eigenvalue weighted by molar-refractivity contribution is -0.163. The molecular weight excluding hydrogens is 252 g/mol. The van der Waals surface area contributed by atoms with Crippen LogP contribution in [0.4, 0.5) is 0 Å². The summed E-state index contributed by atoms with van der Waals surface area (Å²) in [6.07, 6.45) is 10.6. The van der Waals surface area contributed by atoms with Gasteiger partial charge in [-0.25, -0.2) is 0 Å². The normalized spacial score (nSPS) is 34.4. The second kappa shape index (κ2) is 5.58. The van der Waals surface area contributed by atoms with E-state index in [9.17, 15) is 9.59 Å². The number of piperidine rings is 1. The molecule has 0 spiro atoms. The lowest BCUT2D eigenvalue weighted by Gasteiger charge is -2.47. The van der Waals surface area contributed by atoms with Crippen LogP contribution < -0.4 is 0 Å². The Bertz CT molecular complexity index is 432. The van der Waals surface area contributed by atoms with Gasteiger partial charge in [-0.05, 0) is 51.4 Å². The third-order valence-electron chi connectivity index (χ3n) is 5.01. The van der Waals surface area contributed by atoms with Crippen molar-refractivity contribution in [3.8, 4) is 0 Å².